The Bertz CT molecular complexity index is 690. The van der Waals surface area contributed by atoms with Crippen LogP contribution in [0.25, 0.3) is 22.6 Å². The molecule has 0 saturated heterocycles. The number of nitrogens with zero attached hydrogens (tertiary/aromatic N) is 2. The van der Waals surface area contributed by atoms with Crippen LogP contribution in [0.15, 0.2) is 36.5 Å². The molecule has 0 spiro atoms. The monoisotopic (exact) mass is 244 g/mol. The number of hydrogen-bond donors (Lipinski definition) is 2. The molecule has 0 saturated carbocycles. The van der Waals surface area contributed by atoms with Crippen molar-refractivity contribution in [2.75, 3.05) is 5.73 Å². The van der Waals surface area contributed by atoms with E-state index in [1.54, 1.807) is 12.3 Å². The number of benzene rings is 1. The van der Waals surface area contributed by atoms with Crippen molar-refractivity contribution < 1.29 is 0 Å². The normalized spacial score (nSPS) is 10.9. The Hall–Kier alpha value is -2.07. The maximum Gasteiger partial charge on any atom is 0.157 e. The summed E-state index contributed by atoms with van der Waals surface area (Å²) in [4.78, 5) is 11.7. The van der Waals surface area contributed by atoms with E-state index < -0.39 is 0 Å². The average molecular weight is 245 g/mol. The second kappa shape index (κ2) is 3.75. The van der Waals surface area contributed by atoms with Crippen molar-refractivity contribution in [3.8, 4) is 11.4 Å². The lowest BCUT2D eigenvalue weighted by molar-refractivity contribution is 1.30. The van der Waals surface area contributed by atoms with Gasteiger partial charge in [0.15, 0.2) is 5.65 Å². The molecule has 2 aromatic heterocycles. The predicted molar refractivity (Wildman–Crippen MR) is 68.7 cm³/mol. The number of nitrogen functional groups attached to an aromatic ring is 1. The minimum atomic E-state index is 0.592. The second-order valence-electron chi connectivity index (χ2n) is 3.70. The van der Waals surface area contributed by atoms with E-state index in [9.17, 15) is 0 Å². The van der Waals surface area contributed by atoms with Gasteiger partial charge in [-0.15, -0.1) is 0 Å². The van der Waals surface area contributed by atoms with Gasteiger partial charge in [0.2, 0.25) is 0 Å². The van der Waals surface area contributed by atoms with Gasteiger partial charge < -0.3 is 10.7 Å². The third kappa shape index (κ3) is 1.72. The third-order valence-corrected chi connectivity index (χ3v) is 2.82. The zero-order valence-electron chi connectivity index (χ0n) is 8.81. The van der Waals surface area contributed by atoms with Crippen molar-refractivity contribution in [3.05, 3.63) is 41.6 Å². The first-order chi connectivity index (χ1) is 8.24. The molecule has 0 aliphatic carbocycles. The van der Waals surface area contributed by atoms with Gasteiger partial charge in [0, 0.05) is 5.56 Å². The molecule has 1 aromatic carbocycles. The van der Waals surface area contributed by atoms with Crippen molar-refractivity contribution in [2.45, 2.75) is 0 Å². The van der Waals surface area contributed by atoms with Gasteiger partial charge in [-0.3, -0.25) is 0 Å². The van der Waals surface area contributed by atoms with E-state index in [4.69, 9.17) is 17.3 Å². The van der Waals surface area contributed by atoms with Gasteiger partial charge in [0.25, 0.3) is 0 Å². The SMILES string of the molecule is Nc1cnc2[nH]c(-c3ccccc3Cl)nc2c1. The van der Waals surface area contributed by atoms with E-state index in [0.29, 0.717) is 22.2 Å². The number of nitrogens with two attached hydrogens (primary N) is 1. The van der Waals surface area contributed by atoms with E-state index in [2.05, 4.69) is 15.0 Å². The maximum atomic E-state index is 6.11. The number of H-pyrrole nitrogens is 1. The molecule has 0 atom stereocenters. The molecule has 0 aliphatic heterocycles. The van der Waals surface area contributed by atoms with Crippen LogP contribution in [0.5, 0.6) is 0 Å². The highest BCUT2D eigenvalue weighted by Gasteiger charge is 2.08. The number of rotatable bonds is 1. The van der Waals surface area contributed by atoms with Gasteiger partial charge in [-0.25, -0.2) is 9.97 Å². The number of nitrogens with one attached hydrogen (secondary N) is 1. The van der Waals surface area contributed by atoms with E-state index in [-0.39, 0.29) is 0 Å². The molecule has 3 rings (SSSR count). The molecule has 17 heavy (non-hydrogen) atoms. The molecule has 0 unspecified atom stereocenters. The summed E-state index contributed by atoms with van der Waals surface area (Å²) in [5.74, 6) is 0.698. The number of aromatic amines is 1. The van der Waals surface area contributed by atoms with Gasteiger partial charge in [0.05, 0.1) is 16.9 Å². The molecule has 4 nitrogen and oxygen atoms in total. The fourth-order valence-corrected chi connectivity index (χ4v) is 1.92. The number of pyridine rings is 1. The van der Waals surface area contributed by atoms with E-state index in [1.165, 1.54) is 0 Å². The molecule has 0 fully saturated rings. The van der Waals surface area contributed by atoms with E-state index in [0.717, 1.165) is 11.1 Å². The topological polar surface area (TPSA) is 67.6 Å². The Kier molecular flexibility index (Phi) is 2.23. The second-order valence-corrected chi connectivity index (χ2v) is 4.11. The zero-order valence-corrected chi connectivity index (χ0v) is 9.57. The quantitative estimate of drug-likeness (QED) is 0.692. The first-order valence-electron chi connectivity index (χ1n) is 5.10. The molecule has 2 heterocycles. The number of hydrogen-bond acceptors (Lipinski definition) is 3. The third-order valence-electron chi connectivity index (χ3n) is 2.49. The van der Waals surface area contributed by atoms with Crippen molar-refractivity contribution >= 4 is 28.5 Å². The number of fused-ring (bicyclic) bond motifs is 1. The van der Waals surface area contributed by atoms with Gasteiger partial charge >= 0.3 is 0 Å². The van der Waals surface area contributed by atoms with Crippen LogP contribution in [-0.4, -0.2) is 15.0 Å². The zero-order chi connectivity index (χ0) is 11.8. The standard InChI is InChI=1S/C12H9ClN4/c13-9-4-2-1-3-8(9)11-16-10-5-7(14)6-15-12(10)17-11/h1-6H,14H2,(H,15,16,17). The summed E-state index contributed by atoms with van der Waals surface area (Å²) in [5.41, 5.74) is 8.54. The number of anilines is 1. The largest absolute Gasteiger partial charge is 0.397 e. The Labute approximate surface area is 102 Å². The maximum absolute atomic E-state index is 6.11. The summed E-state index contributed by atoms with van der Waals surface area (Å²) in [6, 6.07) is 9.30. The molecule has 0 amide bonds. The number of halogens is 1. The first kappa shape index (κ1) is 10.1. The van der Waals surface area contributed by atoms with Crippen LogP contribution in [0.3, 0.4) is 0 Å². The van der Waals surface area contributed by atoms with Crippen molar-refractivity contribution in [1.29, 1.82) is 0 Å². The van der Waals surface area contributed by atoms with Crippen molar-refractivity contribution in [1.82, 2.24) is 15.0 Å². The molecular formula is C12H9ClN4. The predicted octanol–water partition coefficient (Wildman–Crippen LogP) is 2.86. The van der Waals surface area contributed by atoms with Crippen molar-refractivity contribution in [3.63, 3.8) is 0 Å². The van der Waals surface area contributed by atoms with Crippen LogP contribution in [0, 0.1) is 0 Å². The Morgan fingerprint density at radius 2 is 2.06 bits per heavy atom. The molecular weight excluding hydrogens is 236 g/mol. The summed E-state index contributed by atoms with van der Waals surface area (Å²) in [7, 11) is 0. The minimum absolute atomic E-state index is 0.592. The fourth-order valence-electron chi connectivity index (χ4n) is 1.69. The van der Waals surface area contributed by atoms with Gasteiger partial charge in [-0.1, -0.05) is 23.7 Å². The average Bonchev–Trinajstić information content (AvgIpc) is 2.72. The van der Waals surface area contributed by atoms with Gasteiger partial charge in [-0.05, 0) is 18.2 Å². The van der Waals surface area contributed by atoms with Gasteiger partial charge in [0.1, 0.15) is 11.3 Å². The van der Waals surface area contributed by atoms with Crippen molar-refractivity contribution in [2.24, 2.45) is 0 Å². The molecule has 3 aromatic rings. The lowest BCUT2D eigenvalue weighted by atomic mass is 10.2. The molecule has 0 aliphatic rings. The van der Waals surface area contributed by atoms with Crippen LogP contribution in [0.4, 0.5) is 5.69 Å². The smallest absolute Gasteiger partial charge is 0.157 e. The van der Waals surface area contributed by atoms with Crippen LogP contribution in [0.1, 0.15) is 0 Å². The van der Waals surface area contributed by atoms with Crippen LogP contribution >= 0.6 is 11.6 Å². The Balaban J connectivity index is 2.22. The number of aromatic nitrogens is 3. The van der Waals surface area contributed by atoms with E-state index >= 15 is 0 Å². The summed E-state index contributed by atoms with van der Waals surface area (Å²) < 4.78 is 0. The Morgan fingerprint density at radius 1 is 1.24 bits per heavy atom. The molecule has 5 heteroatoms. The minimum Gasteiger partial charge on any atom is -0.397 e. The van der Waals surface area contributed by atoms with Crippen LogP contribution in [-0.2, 0) is 0 Å². The van der Waals surface area contributed by atoms with Gasteiger partial charge in [-0.2, -0.15) is 0 Å². The summed E-state index contributed by atoms with van der Waals surface area (Å²) in [6.45, 7) is 0. The summed E-state index contributed by atoms with van der Waals surface area (Å²) in [6.07, 6.45) is 1.59. The molecule has 3 N–H and O–H groups in total. The highest BCUT2D eigenvalue weighted by atomic mass is 35.5. The fraction of sp³-hybridized carbons (Fsp3) is 0. The summed E-state index contributed by atoms with van der Waals surface area (Å²) in [5, 5.41) is 0.652. The highest BCUT2D eigenvalue weighted by Crippen LogP contribution is 2.26. The lowest BCUT2D eigenvalue weighted by Crippen LogP contribution is -1.85. The lowest BCUT2D eigenvalue weighted by Gasteiger charge is -1.98. The Morgan fingerprint density at radius 3 is 2.88 bits per heavy atom. The summed E-state index contributed by atoms with van der Waals surface area (Å²) >= 11 is 6.11. The van der Waals surface area contributed by atoms with E-state index in [1.807, 2.05) is 24.3 Å². The van der Waals surface area contributed by atoms with Crippen LogP contribution < -0.4 is 5.73 Å². The molecule has 84 valence electrons. The molecule has 0 radical (unpaired) electrons. The van der Waals surface area contributed by atoms with Crippen LogP contribution in [0.2, 0.25) is 5.02 Å². The first-order valence-corrected chi connectivity index (χ1v) is 5.48. The number of imidazole rings is 1. The molecule has 0 bridgehead atoms. The highest BCUT2D eigenvalue weighted by molar-refractivity contribution is 6.33.